The number of likely N-dealkylation sites (N-methyl/N-ethyl adjacent to an activating group) is 1. The minimum atomic E-state index is -0.425. The summed E-state index contributed by atoms with van der Waals surface area (Å²) in [5, 5.41) is 3.17. The summed E-state index contributed by atoms with van der Waals surface area (Å²) in [5.41, 5.74) is -0.0572. The van der Waals surface area contributed by atoms with Crippen molar-refractivity contribution in [1.29, 1.82) is 0 Å². The molecule has 0 aromatic rings. The Bertz CT molecular complexity index is 226. The standard InChI is InChI=1S/C12H23NO2/c1-5-15-10(14)12(13-4)8-6-11(2,3)7-9-12/h13H,5-9H2,1-4H3. The second-order valence-corrected chi connectivity index (χ2v) is 5.22. The van der Waals surface area contributed by atoms with Crippen LogP contribution in [-0.4, -0.2) is 25.2 Å². The third-order valence-electron chi connectivity index (χ3n) is 3.60. The van der Waals surface area contributed by atoms with Gasteiger partial charge in [-0.05, 0) is 45.1 Å². The van der Waals surface area contributed by atoms with Gasteiger partial charge in [-0.3, -0.25) is 4.79 Å². The second-order valence-electron chi connectivity index (χ2n) is 5.22. The highest BCUT2D eigenvalue weighted by Crippen LogP contribution is 2.40. The van der Waals surface area contributed by atoms with Crippen molar-refractivity contribution in [1.82, 2.24) is 5.32 Å². The predicted octanol–water partition coefficient (Wildman–Crippen LogP) is 2.11. The van der Waals surface area contributed by atoms with Crippen molar-refractivity contribution in [3.8, 4) is 0 Å². The van der Waals surface area contributed by atoms with E-state index in [1.807, 2.05) is 14.0 Å². The normalized spacial score (nSPS) is 23.5. The lowest BCUT2D eigenvalue weighted by atomic mass is 9.69. The molecular weight excluding hydrogens is 190 g/mol. The molecule has 0 aromatic carbocycles. The number of esters is 1. The molecule has 0 aromatic heterocycles. The molecule has 1 aliphatic carbocycles. The molecule has 0 spiro atoms. The smallest absolute Gasteiger partial charge is 0.326 e. The third-order valence-corrected chi connectivity index (χ3v) is 3.60. The summed E-state index contributed by atoms with van der Waals surface area (Å²) in [4.78, 5) is 11.9. The Morgan fingerprint density at radius 3 is 2.20 bits per heavy atom. The lowest BCUT2D eigenvalue weighted by Gasteiger charge is -2.41. The largest absolute Gasteiger partial charge is 0.465 e. The molecule has 15 heavy (non-hydrogen) atoms. The Balaban J connectivity index is 2.68. The number of hydrogen-bond acceptors (Lipinski definition) is 3. The van der Waals surface area contributed by atoms with Crippen molar-refractivity contribution in [2.75, 3.05) is 13.7 Å². The Hall–Kier alpha value is -0.570. The van der Waals surface area contributed by atoms with Crippen molar-refractivity contribution < 1.29 is 9.53 Å². The van der Waals surface area contributed by atoms with Gasteiger partial charge in [0.05, 0.1) is 6.61 Å². The summed E-state index contributed by atoms with van der Waals surface area (Å²) in [6.07, 6.45) is 3.92. The zero-order valence-electron chi connectivity index (χ0n) is 10.4. The van der Waals surface area contributed by atoms with Gasteiger partial charge in [0.25, 0.3) is 0 Å². The molecule has 0 aliphatic heterocycles. The number of hydrogen-bond donors (Lipinski definition) is 1. The first-order valence-electron chi connectivity index (χ1n) is 5.82. The van der Waals surface area contributed by atoms with Crippen LogP contribution in [-0.2, 0) is 9.53 Å². The molecule has 1 rings (SSSR count). The summed E-state index contributed by atoms with van der Waals surface area (Å²) in [6.45, 7) is 6.84. The van der Waals surface area contributed by atoms with E-state index in [1.165, 1.54) is 0 Å². The molecule has 0 radical (unpaired) electrons. The molecule has 1 N–H and O–H groups in total. The number of rotatable bonds is 3. The average Bonchev–Trinajstić information content (AvgIpc) is 2.19. The quantitative estimate of drug-likeness (QED) is 0.730. The van der Waals surface area contributed by atoms with Crippen molar-refractivity contribution in [2.24, 2.45) is 5.41 Å². The average molecular weight is 213 g/mol. The molecule has 0 amide bonds. The molecule has 0 heterocycles. The van der Waals surface area contributed by atoms with Crippen LogP contribution < -0.4 is 5.32 Å². The van der Waals surface area contributed by atoms with Gasteiger partial charge in [-0.15, -0.1) is 0 Å². The molecule has 0 saturated heterocycles. The summed E-state index contributed by atoms with van der Waals surface area (Å²) < 4.78 is 5.14. The molecule has 0 unspecified atom stereocenters. The molecule has 3 nitrogen and oxygen atoms in total. The Labute approximate surface area is 92.6 Å². The van der Waals surface area contributed by atoms with Crippen molar-refractivity contribution in [2.45, 2.75) is 52.0 Å². The van der Waals surface area contributed by atoms with Crippen molar-refractivity contribution in [3.63, 3.8) is 0 Å². The van der Waals surface area contributed by atoms with Crippen LogP contribution in [0.25, 0.3) is 0 Å². The highest BCUT2D eigenvalue weighted by atomic mass is 16.5. The lowest BCUT2D eigenvalue weighted by molar-refractivity contribution is -0.153. The molecule has 0 atom stereocenters. The minimum absolute atomic E-state index is 0.0806. The highest BCUT2D eigenvalue weighted by Gasteiger charge is 2.43. The van der Waals surface area contributed by atoms with Crippen LogP contribution >= 0.6 is 0 Å². The zero-order valence-corrected chi connectivity index (χ0v) is 10.4. The van der Waals surface area contributed by atoms with Crippen LogP contribution in [0.2, 0.25) is 0 Å². The van der Waals surface area contributed by atoms with E-state index in [-0.39, 0.29) is 5.97 Å². The Morgan fingerprint density at radius 2 is 1.80 bits per heavy atom. The Kier molecular flexibility index (Phi) is 3.77. The fourth-order valence-electron chi connectivity index (χ4n) is 2.18. The van der Waals surface area contributed by atoms with Gasteiger partial charge in [0, 0.05) is 0 Å². The minimum Gasteiger partial charge on any atom is -0.465 e. The maximum Gasteiger partial charge on any atom is 0.326 e. The number of carbonyl (C=O) groups is 1. The van der Waals surface area contributed by atoms with Gasteiger partial charge >= 0.3 is 5.97 Å². The third kappa shape index (κ3) is 2.71. The first kappa shape index (κ1) is 12.5. The maximum absolute atomic E-state index is 11.9. The van der Waals surface area contributed by atoms with Crippen LogP contribution in [0, 0.1) is 5.41 Å². The van der Waals surface area contributed by atoms with E-state index in [0.717, 1.165) is 25.7 Å². The van der Waals surface area contributed by atoms with Crippen molar-refractivity contribution >= 4 is 5.97 Å². The summed E-state index contributed by atoms with van der Waals surface area (Å²) in [6, 6.07) is 0. The van der Waals surface area contributed by atoms with E-state index in [9.17, 15) is 4.79 Å². The van der Waals surface area contributed by atoms with Crippen LogP contribution in [0.4, 0.5) is 0 Å². The zero-order chi connectivity index (χ0) is 11.5. The number of ether oxygens (including phenoxy) is 1. The van der Waals surface area contributed by atoms with Gasteiger partial charge in [0.15, 0.2) is 0 Å². The topological polar surface area (TPSA) is 38.3 Å². The number of nitrogens with one attached hydrogen (secondary N) is 1. The SMILES string of the molecule is CCOC(=O)C1(NC)CCC(C)(C)CC1. The van der Waals surface area contributed by atoms with Crippen LogP contribution in [0.1, 0.15) is 46.5 Å². The van der Waals surface area contributed by atoms with Gasteiger partial charge < -0.3 is 10.1 Å². The highest BCUT2D eigenvalue weighted by molar-refractivity contribution is 5.81. The van der Waals surface area contributed by atoms with Crippen LogP contribution in [0.15, 0.2) is 0 Å². The molecule has 1 aliphatic rings. The van der Waals surface area contributed by atoms with Gasteiger partial charge in [0.1, 0.15) is 5.54 Å². The molecule has 3 heteroatoms. The summed E-state index contributed by atoms with van der Waals surface area (Å²) in [5.74, 6) is -0.0806. The molecule has 0 bridgehead atoms. The first-order valence-corrected chi connectivity index (χ1v) is 5.82. The van der Waals surface area contributed by atoms with E-state index in [4.69, 9.17) is 4.74 Å². The first-order chi connectivity index (χ1) is 6.96. The van der Waals surface area contributed by atoms with Gasteiger partial charge in [-0.2, -0.15) is 0 Å². The van der Waals surface area contributed by atoms with Crippen LogP contribution in [0.5, 0.6) is 0 Å². The lowest BCUT2D eigenvalue weighted by Crippen LogP contribution is -2.54. The fraction of sp³-hybridized carbons (Fsp3) is 0.917. The second kappa shape index (κ2) is 4.52. The van der Waals surface area contributed by atoms with E-state index in [0.29, 0.717) is 12.0 Å². The molecular formula is C12H23NO2. The van der Waals surface area contributed by atoms with Crippen LogP contribution in [0.3, 0.4) is 0 Å². The summed E-state index contributed by atoms with van der Waals surface area (Å²) >= 11 is 0. The van der Waals surface area contributed by atoms with Crippen molar-refractivity contribution in [3.05, 3.63) is 0 Å². The van der Waals surface area contributed by atoms with E-state index >= 15 is 0 Å². The van der Waals surface area contributed by atoms with Gasteiger partial charge in [-0.25, -0.2) is 0 Å². The van der Waals surface area contributed by atoms with E-state index in [2.05, 4.69) is 19.2 Å². The van der Waals surface area contributed by atoms with Gasteiger partial charge in [-0.1, -0.05) is 13.8 Å². The molecule has 1 saturated carbocycles. The monoisotopic (exact) mass is 213 g/mol. The fourth-order valence-corrected chi connectivity index (χ4v) is 2.18. The van der Waals surface area contributed by atoms with E-state index < -0.39 is 5.54 Å². The maximum atomic E-state index is 11.9. The summed E-state index contributed by atoms with van der Waals surface area (Å²) in [7, 11) is 1.86. The number of carbonyl (C=O) groups excluding carboxylic acids is 1. The molecule has 1 fully saturated rings. The Morgan fingerprint density at radius 1 is 1.27 bits per heavy atom. The predicted molar refractivity (Wildman–Crippen MR) is 60.7 cm³/mol. The molecule has 88 valence electrons. The van der Waals surface area contributed by atoms with Gasteiger partial charge in [0.2, 0.25) is 0 Å². The van der Waals surface area contributed by atoms with E-state index in [1.54, 1.807) is 0 Å².